The summed E-state index contributed by atoms with van der Waals surface area (Å²) in [7, 11) is 0. The first-order chi connectivity index (χ1) is 16.6. The molecule has 0 aliphatic rings. The van der Waals surface area contributed by atoms with Gasteiger partial charge in [-0.15, -0.1) is 0 Å². The van der Waals surface area contributed by atoms with Crippen molar-refractivity contribution in [1.82, 2.24) is 14.9 Å². The fraction of sp³-hybridized carbons (Fsp3) is 0.250. The van der Waals surface area contributed by atoms with Crippen LogP contribution in [0.5, 0.6) is 0 Å². The predicted molar refractivity (Wildman–Crippen MR) is 139 cm³/mol. The van der Waals surface area contributed by atoms with Crippen molar-refractivity contribution in [3.05, 3.63) is 106 Å². The maximum Gasteiger partial charge on any atom is 0.262 e. The normalized spacial score (nSPS) is 11.0. The Kier molecular flexibility index (Phi) is 8.15. The van der Waals surface area contributed by atoms with Gasteiger partial charge >= 0.3 is 0 Å². The molecule has 4 aromatic rings. The first-order valence-electron chi connectivity index (χ1n) is 11.6. The van der Waals surface area contributed by atoms with E-state index in [9.17, 15) is 9.59 Å². The fourth-order valence-electron chi connectivity index (χ4n) is 3.85. The standard InChI is InChI=1S/C28H29N3O2S/c1-21-10-5-6-13-23(21)20-34-28-30-25-15-8-7-14-24(25)27(33)31(28)19-9-16-26(32)29-18-17-22-11-3-2-4-12-22/h2-8,10-15H,9,16-20H2,1H3,(H,29,32). The lowest BCUT2D eigenvalue weighted by molar-refractivity contribution is -0.121. The molecule has 1 N–H and O–H groups in total. The number of carbonyl (C=O) groups is 1. The molecule has 0 bridgehead atoms. The van der Waals surface area contributed by atoms with Crippen LogP contribution >= 0.6 is 11.8 Å². The van der Waals surface area contributed by atoms with Gasteiger partial charge in [-0.2, -0.15) is 0 Å². The van der Waals surface area contributed by atoms with Crippen LogP contribution < -0.4 is 10.9 Å². The fourth-order valence-corrected chi connectivity index (χ4v) is 4.95. The van der Waals surface area contributed by atoms with Gasteiger partial charge in [-0.05, 0) is 48.6 Å². The number of aromatic nitrogens is 2. The van der Waals surface area contributed by atoms with E-state index in [2.05, 4.69) is 36.5 Å². The highest BCUT2D eigenvalue weighted by atomic mass is 32.2. The molecule has 0 saturated carbocycles. The Bertz CT molecular complexity index is 1320. The molecule has 0 aliphatic carbocycles. The van der Waals surface area contributed by atoms with Gasteiger partial charge in [0.25, 0.3) is 5.56 Å². The average Bonchev–Trinajstić information content (AvgIpc) is 2.86. The summed E-state index contributed by atoms with van der Waals surface area (Å²) < 4.78 is 1.72. The Morgan fingerprint density at radius 1 is 0.971 bits per heavy atom. The predicted octanol–water partition coefficient (Wildman–Crippen LogP) is 5.14. The molecule has 174 valence electrons. The zero-order valence-electron chi connectivity index (χ0n) is 19.4. The van der Waals surface area contributed by atoms with E-state index in [1.165, 1.54) is 16.7 Å². The van der Waals surface area contributed by atoms with E-state index in [0.717, 1.165) is 12.2 Å². The van der Waals surface area contributed by atoms with Gasteiger partial charge in [-0.25, -0.2) is 4.98 Å². The monoisotopic (exact) mass is 471 g/mol. The molecule has 34 heavy (non-hydrogen) atoms. The highest BCUT2D eigenvalue weighted by Crippen LogP contribution is 2.24. The molecule has 0 fully saturated rings. The highest BCUT2D eigenvalue weighted by molar-refractivity contribution is 7.98. The number of hydrogen-bond acceptors (Lipinski definition) is 4. The largest absolute Gasteiger partial charge is 0.356 e. The molecule has 0 spiro atoms. The summed E-state index contributed by atoms with van der Waals surface area (Å²) in [6.45, 7) is 3.16. The zero-order valence-corrected chi connectivity index (χ0v) is 20.2. The van der Waals surface area contributed by atoms with Gasteiger partial charge in [0.1, 0.15) is 0 Å². The SMILES string of the molecule is Cc1ccccc1CSc1nc2ccccc2c(=O)n1CCCC(=O)NCCc1ccccc1. The smallest absolute Gasteiger partial charge is 0.262 e. The molecule has 1 aromatic heterocycles. The van der Waals surface area contributed by atoms with Crippen molar-refractivity contribution in [2.75, 3.05) is 6.54 Å². The number of para-hydroxylation sites is 1. The molecule has 1 heterocycles. The third kappa shape index (κ3) is 6.14. The first-order valence-corrected chi connectivity index (χ1v) is 12.6. The topological polar surface area (TPSA) is 64.0 Å². The lowest BCUT2D eigenvalue weighted by Crippen LogP contribution is -2.27. The van der Waals surface area contributed by atoms with Gasteiger partial charge in [-0.3, -0.25) is 14.2 Å². The Hall–Kier alpha value is -3.38. The van der Waals surface area contributed by atoms with Gasteiger partial charge in [0.2, 0.25) is 5.91 Å². The van der Waals surface area contributed by atoms with Crippen LogP contribution in [-0.2, 0) is 23.5 Å². The van der Waals surface area contributed by atoms with Crippen LogP contribution in [0.2, 0.25) is 0 Å². The molecule has 0 unspecified atom stereocenters. The van der Waals surface area contributed by atoms with Gasteiger partial charge in [0.05, 0.1) is 10.9 Å². The van der Waals surface area contributed by atoms with Gasteiger partial charge in [0, 0.05) is 25.3 Å². The van der Waals surface area contributed by atoms with E-state index in [1.807, 2.05) is 54.6 Å². The Labute approximate surface area is 204 Å². The van der Waals surface area contributed by atoms with Crippen LogP contribution in [-0.4, -0.2) is 22.0 Å². The number of hydrogen-bond donors (Lipinski definition) is 1. The summed E-state index contributed by atoms with van der Waals surface area (Å²) in [5.41, 5.74) is 4.29. The summed E-state index contributed by atoms with van der Waals surface area (Å²) in [6, 6.07) is 25.8. The third-order valence-electron chi connectivity index (χ3n) is 5.81. The van der Waals surface area contributed by atoms with Crippen molar-refractivity contribution >= 4 is 28.6 Å². The minimum Gasteiger partial charge on any atom is -0.356 e. The van der Waals surface area contributed by atoms with E-state index in [1.54, 1.807) is 16.3 Å². The molecule has 0 saturated heterocycles. The van der Waals surface area contributed by atoms with Crippen LogP contribution in [0.15, 0.2) is 88.8 Å². The van der Waals surface area contributed by atoms with E-state index in [4.69, 9.17) is 4.98 Å². The Morgan fingerprint density at radius 2 is 1.71 bits per heavy atom. The van der Waals surface area contributed by atoms with Crippen molar-refractivity contribution in [2.24, 2.45) is 0 Å². The molecule has 0 radical (unpaired) electrons. The van der Waals surface area contributed by atoms with Crippen LogP contribution in [0.4, 0.5) is 0 Å². The summed E-state index contributed by atoms with van der Waals surface area (Å²) in [6.07, 6.45) is 1.76. The average molecular weight is 472 g/mol. The number of carbonyl (C=O) groups excluding carboxylic acids is 1. The minimum absolute atomic E-state index is 0.00634. The van der Waals surface area contributed by atoms with Crippen molar-refractivity contribution in [3.8, 4) is 0 Å². The van der Waals surface area contributed by atoms with Crippen molar-refractivity contribution in [3.63, 3.8) is 0 Å². The van der Waals surface area contributed by atoms with Crippen LogP contribution in [0.3, 0.4) is 0 Å². The minimum atomic E-state index is -0.0534. The molecule has 6 heteroatoms. The lowest BCUT2D eigenvalue weighted by atomic mass is 10.1. The molecule has 4 rings (SSSR count). The van der Waals surface area contributed by atoms with Gasteiger partial charge in [0.15, 0.2) is 5.16 Å². The molecule has 1 amide bonds. The molecular weight excluding hydrogens is 442 g/mol. The maximum atomic E-state index is 13.2. The number of nitrogens with zero attached hydrogens (tertiary/aromatic N) is 2. The number of amides is 1. The number of aryl methyl sites for hydroxylation is 1. The number of fused-ring (bicyclic) bond motifs is 1. The zero-order chi connectivity index (χ0) is 23.8. The summed E-state index contributed by atoms with van der Waals surface area (Å²) >= 11 is 1.56. The summed E-state index contributed by atoms with van der Waals surface area (Å²) in [5, 5.41) is 4.28. The van der Waals surface area contributed by atoms with E-state index < -0.39 is 0 Å². The second-order valence-electron chi connectivity index (χ2n) is 8.27. The number of benzene rings is 3. The molecule has 5 nitrogen and oxygen atoms in total. The molecule has 0 atom stereocenters. The Morgan fingerprint density at radius 3 is 2.53 bits per heavy atom. The van der Waals surface area contributed by atoms with Crippen molar-refractivity contribution in [1.29, 1.82) is 0 Å². The quantitative estimate of drug-likeness (QED) is 0.257. The van der Waals surface area contributed by atoms with E-state index >= 15 is 0 Å². The van der Waals surface area contributed by atoms with Crippen LogP contribution in [0.1, 0.15) is 29.5 Å². The van der Waals surface area contributed by atoms with Crippen LogP contribution in [0.25, 0.3) is 10.9 Å². The number of rotatable bonds is 10. The number of thioether (sulfide) groups is 1. The van der Waals surface area contributed by atoms with E-state index in [0.29, 0.717) is 42.0 Å². The lowest BCUT2D eigenvalue weighted by Gasteiger charge is -2.14. The highest BCUT2D eigenvalue weighted by Gasteiger charge is 2.13. The molecular formula is C28H29N3O2S. The van der Waals surface area contributed by atoms with E-state index in [-0.39, 0.29) is 11.5 Å². The maximum absolute atomic E-state index is 13.2. The second kappa shape index (κ2) is 11.7. The van der Waals surface area contributed by atoms with Crippen molar-refractivity contribution < 1.29 is 4.79 Å². The summed E-state index contributed by atoms with van der Waals surface area (Å²) in [5.74, 6) is 0.740. The van der Waals surface area contributed by atoms with Crippen molar-refractivity contribution in [2.45, 2.75) is 43.6 Å². The molecule has 3 aromatic carbocycles. The second-order valence-corrected chi connectivity index (χ2v) is 9.22. The first kappa shape index (κ1) is 23.8. The van der Waals surface area contributed by atoms with Gasteiger partial charge < -0.3 is 5.32 Å². The third-order valence-corrected chi connectivity index (χ3v) is 6.83. The van der Waals surface area contributed by atoms with Gasteiger partial charge in [-0.1, -0.05) is 78.5 Å². The van der Waals surface area contributed by atoms with Crippen LogP contribution in [0, 0.1) is 6.92 Å². The molecule has 0 aliphatic heterocycles. The Balaban J connectivity index is 1.41. The number of nitrogens with one attached hydrogen (secondary N) is 1. The summed E-state index contributed by atoms with van der Waals surface area (Å²) in [4.78, 5) is 30.4.